The molecular formula is C20H33N5O2. The second-order valence-corrected chi connectivity index (χ2v) is 8.88. The Kier molecular flexibility index (Phi) is 5.89. The molecule has 2 aliphatic heterocycles. The van der Waals surface area contributed by atoms with Crippen LogP contribution in [0.5, 0.6) is 0 Å². The van der Waals surface area contributed by atoms with Crippen molar-refractivity contribution < 1.29 is 9.59 Å². The molecule has 0 spiro atoms. The summed E-state index contributed by atoms with van der Waals surface area (Å²) in [5, 5.41) is 10.7. The van der Waals surface area contributed by atoms with Gasteiger partial charge in [0.05, 0.1) is 23.3 Å². The number of likely N-dealkylation sites (tertiary alicyclic amines) is 1. The van der Waals surface area contributed by atoms with Gasteiger partial charge in [0.1, 0.15) is 0 Å². The Balaban J connectivity index is 1.58. The van der Waals surface area contributed by atoms with E-state index in [2.05, 4.69) is 36.5 Å². The standard InChI is InChI=1S/C20H33N5O2/c1-14-16(12-23-25(14)20(2,3)4)19(27)24-10-6-7-15(13-24)11-22-18(26)17-8-5-9-21-17/h12,15,17,21H,5-11,13H2,1-4H3,(H,22,26). The van der Waals surface area contributed by atoms with E-state index in [-0.39, 0.29) is 23.4 Å². The minimum absolute atomic E-state index is 0.0442. The normalized spacial score (nSPS) is 23.5. The van der Waals surface area contributed by atoms with E-state index < -0.39 is 0 Å². The SMILES string of the molecule is Cc1c(C(=O)N2CCCC(CNC(=O)C3CCCN3)C2)cnn1C(C)(C)C. The van der Waals surface area contributed by atoms with Crippen molar-refractivity contribution in [3.63, 3.8) is 0 Å². The smallest absolute Gasteiger partial charge is 0.257 e. The van der Waals surface area contributed by atoms with Gasteiger partial charge in [-0.05, 0) is 65.8 Å². The molecular weight excluding hydrogens is 342 g/mol. The minimum atomic E-state index is -0.147. The van der Waals surface area contributed by atoms with Crippen LogP contribution in [0.3, 0.4) is 0 Å². The summed E-state index contributed by atoms with van der Waals surface area (Å²) in [4.78, 5) is 27.2. The predicted octanol–water partition coefficient (Wildman–Crippen LogP) is 1.67. The van der Waals surface area contributed by atoms with Crippen LogP contribution in [-0.2, 0) is 10.3 Å². The highest BCUT2D eigenvalue weighted by Gasteiger charge is 2.29. The summed E-state index contributed by atoms with van der Waals surface area (Å²) in [6, 6.07) is -0.0442. The van der Waals surface area contributed by atoms with Gasteiger partial charge in [-0.1, -0.05) is 0 Å². The fourth-order valence-corrected chi connectivity index (χ4v) is 4.16. The highest BCUT2D eigenvalue weighted by atomic mass is 16.2. The second-order valence-electron chi connectivity index (χ2n) is 8.88. The van der Waals surface area contributed by atoms with Crippen LogP contribution < -0.4 is 10.6 Å². The summed E-state index contributed by atoms with van der Waals surface area (Å²) in [6.45, 7) is 11.2. The highest BCUT2D eigenvalue weighted by molar-refractivity contribution is 5.95. The first-order valence-electron chi connectivity index (χ1n) is 10.1. The van der Waals surface area contributed by atoms with Gasteiger partial charge in [0.2, 0.25) is 5.91 Å². The maximum Gasteiger partial charge on any atom is 0.257 e. The molecule has 0 saturated carbocycles. The van der Waals surface area contributed by atoms with E-state index in [0.717, 1.165) is 44.5 Å². The van der Waals surface area contributed by atoms with Gasteiger partial charge in [0.15, 0.2) is 0 Å². The van der Waals surface area contributed by atoms with Crippen LogP contribution in [-0.4, -0.2) is 58.7 Å². The molecule has 3 rings (SSSR count). The molecule has 2 atom stereocenters. The number of amides is 2. The van der Waals surface area contributed by atoms with Crippen molar-refractivity contribution >= 4 is 11.8 Å². The zero-order valence-electron chi connectivity index (χ0n) is 17.0. The van der Waals surface area contributed by atoms with E-state index in [1.54, 1.807) is 6.20 Å². The van der Waals surface area contributed by atoms with Gasteiger partial charge >= 0.3 is 0 Å². The average molecular weight is 376 g/mol. The highest BCUT2D eigenvalue weighted by Crippen LogP contribution is 2.22. The zero-order chi connectivity index (χ0) is 19.6. The van der Waals surface area contributed by atoms with Gasteiger partial charge in [0, 0.05) is 25.3 Å². The van der Waals surface area contributed by atoms with Gasteiger partial charge in [-0.3, -0.25) is 14.3 Å². The predicted molar refractivity (Wildman–Crippen MR) is 105 cm³/mol. The fourth-order valence-electron chi connectivity index (χ4n) is 4.16. The topological polar surface area (TPSA) is 79.3 Å². The van der Waals surface area contributed by atoms with Crippen LogP contribution in [0.25, 0.3) is 0 Å². The Morgan fingerprint density at radius 3 is 2.70 bits per heavy atom. The van der Waals surface area contributed by atoms with Crippen molar-refractivity contribution in [2.24, 2.45) is 5.92 Å². The molecule has 3 heterocycles. The first kappa shape index (κ1) is 19.9. The molecule has 0 aromatic carbocycles. The maximum atomic E-state index is 13.0. The Morgan fingerprint density at radius 2 is 2.07 bits per heavy atom. The number of carbonyl (C=O) groups excluding carboxylic acids is 2. The molecule has 0 aliphatic carbocycles. The van der Waals surface area contributed by atoms with Gasteiger partial charge in [-0.25, -0.2) is 0 Å². The number of hydrogen-bond acceptors (Lipinski definition) is 4. The largest absolute Gasteiger partial charge is 0.354 e. The van der Waals surface area contributed by atoms with Crippen molar-refractivity contribution in [3.05, 3.63) is 17.5 Å². The van der Waals surface area contributed by atoms with Crippen molar-refractivity contribution in [2.75, 3.05) is 26.2 Å². The van der Waals surface area contributed by atoms with E-state index in [0.29, 0.717) is 24.6 Å². The summed E-state index contributed by atoms with van der Waals surface area (Å²) in [5.41, 5.74) is 1.45. The lowest BCUT2D eigenvalue weighted by molar-refractivity contribution is -0.123. The number of rotatable bonds is 4. The maximum absolute atomic E-state index is 13.0. The Hall–Kier alpha value is -1.89. The zero-order valence-corrected chi connectivity index (χ0v) is 17.0. The molecule has 2 unspecified atom stereocenters. The molecule has 7 heteroatoms. The lowest BCUT2D eigenvalue weighted by Gasteiger charge is -2.33. The molecule has 1 aromatic rings. The molecule has 150 valence electrons. The van der Waals surface area contributed by atoms with Crippen LogP contribution >= 0.6 is 0 Å². The fraction of sp³-hybridized carbons (Fsp3) is 0.750. The molecule has 1 aromatic heterocycles. The van der Waals surface area contributed by atoms with Gasteiger partial charge in [-0.15, -0.1) is 0 Å². The number of piperidine rings is 1. The molecule has 2 aliphatic rings. The monoisotopic (exact) mass is 375 g/mol. The van der Waals surface area contributed by atoms with Gasteiger partial charge in [-0.2, -0.15) is 5.10 Å². The van der Waals surface area contributed by atoms with Crippen LogP contribution in [0.1, 0.15) is 62.5 Å². The van der Waals surface area contributed by atoms with E-state index >= 15 is 0 Å². The van der Waals surface area contributed by atoms with E-state index in [1.807, 2.05) is 16.5 Å². The number of nitrogens with zero attached hydrogens (tertiary/aromatic N) is 3. The summed E-state index contributed by atoms with van der Waals surface area (Å²) >= 11 is 0. The third kappa shape index (κ3) is 4.51. The van der Waals surface area contributed by atoms with Crippen molar-refractivity contribution in [1.29, 1.82) is 0 Å². The molecule has 2 amide bonds. The summed E-state index contributed by atoms with van der Waals surface area (Å²) in [7, 11) is 0. The Labute approximate surface area is 161 Å². The van der Waals surface area contributed by atoms with E-state index in [1.165, 1.54) is 0 Å². The summed E-state index contributed by atoms with van der Waals surface area (Å²) in [6.07, 6.45) is 5.69. The molecule has 7 nitrogen and oxygen atoms in total. The first-order chi connectivity index (χ1) is 12.8. The number of nitrogens with one attached hydrogen (secondary N) is 2. The molecule has 0 bridgehead atoms. The molecule has 27 heavy (non-hydrogen) atoms. The van der Waals surface area contributed by atoms with Crippen LogP contribution in [0.15, 0.2) is 6.20 Å². The van der Waals surface area contributed by atoms with Crippen molar-refractivity contribution in [3.8, 4) is 0 Å². The Morgan fingerprint density at radius 1 is 1.30 bits per heavy atom. The third-order valence-corrected chi connectivity index (χ3v) is 5.62. The number of aromatic nitrogens is 2. The number of hydrogen-bond donors (Lipinski definition) is 2. The minimum Gasteiger partial charge on any atom is -0.354 e. The van der Waals surface area contributed by atoms with Gasteiger partial charge < -0.3 is 15.5 Å². The first-order valence-corrected chi connectivity index (χ1v) is 10.1. The average Bonchev–Trinajstić information content (AvgIpc) is 3.28. The van der Waals surface area contributed by atoms with E-state index in [9.17, 15) is 9.59 Å². The van der Waals surface area contributed by atoms with E-state index in [4.69, 9.17) is 0 Å². The second kappa shape index (κ2) is 8.00. The van der Waals surface area contributed by atoms with Crippen molar-refractivity contribution in [1.82, 2.24) is 25.3 Å². The van der Waals surface area contributed by atoms with Crippen molar-refractivity contribution in [2.45, 2.75) is 65.0 Å². The lowest BCUT2D eigenvalue weighted by Crippen LogP contribution is -2.46. The Bertz CT molecular complexity index is 685. The molecule has 2 N–H and O–H groups in total. The van der Waals surface area contributed by atoms with Gasteiger partial charge in [0.25, 0.3) is 5.91 Å². The van der Waals surface area contributed by atoms with Crippen LogP contribution in [0, 0.1) is 12.8 Å². The quantitative estimate of drug-likeness (QED) is 0.839. The lowest BCUT2D eigenvalue weighted by atomic mass is 9.97. The summed E-state index contributed by atoms with van der Waals surface area (Å²) in [5.74, 6) is 0.459. The van der Waals surface area contributed by atoms with Crippen LogP contribution in [0.4, 0.5) is 0 Å². The molecule has 2 fully saturated rings. The third-order valence-electron chi connectivity index (χ3n) is 5.62. The molecule has 0 radical (unpaired) electrons. The van der Waals surface area contributed by atoms with Crippen LogP contribution in [0.2, 0.25) is 0 Å². The molecule has 2 saturated heterocycles. The number of carbonyl (C=O) groups is 2. The summed E-state index contributed by atoms with van der Waals surface area (Å²) < 4.78 is 1.91.